The van der Waals surface area contributed by atoms with Crippen LogP contribution in [-0.4, -0.2) is 57.8 Å². The van der Waals surface area contributed by atoms with Crippen LogP contribution in [-0.2, 0) is 22.5 Å². The number of amides is 3. The van der Waals surface area contributed by atoms with Gasteiger partial charge in [0.15, 0.2) is 5.65 Å². The molecule has 3 amide bonds. The Labute approximate surface area is 202 Å². The summed E-state index contributed by atoms with van der Waals surface area (Å²) < 4.78 is 12.0. The van der Waals surface area contributed by atoms with E-state index >= 15 is 0 Å². The molecule has 3 aromatic rings. The Morgan fingerprint density at radius 2 is 1.94 bits per heavy atom. The fourth-order valence-corrected chi connectivity index (χ4v) is 4.09. The van der Waals surface area contributed by atoms with Crippen molar-refractivity contribution in [2.45, 2.75) is 45.4 Å². The van der Waals surface area contributed by atoms with Crippen LogP contribution in [0.4, 0.5) is 10.5 Å². The third-order valence-corrected chi connectivity index (χ3v) is 5.45. The fourth-order valence-electron chi connectivity index (χ4n) is 4.09. The molecule has 3 heterocycles. The van der Waals surface area contributed by atoms with Gasteiger partial charge in [0.1, 0.15) is 22.6 Å². The second kappa shape index (κ2) is 9.34. The van der Waals surface area contributed by atoms with Crippen LogP contribution in [0.1, 0.15) is 52.9 Å². The van der Waals surface area contributed by atoms with Crippen LogP contribution in [0.15, 0.2) is 36.5 Å². The van der Waals surface area contributed by atoms with Gasteiger partial charge in [-0.2, -0.15) is 5.10 Å². The number of fused-ring (bicyclic) bond motifs is 2. The zero-order valence-electron chi connectivity index (χ0n) is 20.1. The lowest BCUT2D eigenvalue weighted by atomic mass is 9.98. The van der Waals surface area contributed by atoms with E-state index in [1.807, 2.05) is 24.3 Å². The van der Waals surface area contributed by atoms with E-state index in [0.29, 0.717) is 6.42 Å². The number of hydrogen-bond donors (Lipinski definition) is 2. The number of aromatic nitrogens is 3. The number of para-hydroxylation sites is 1. The number of carbonyl (C=O) groups is 3. The standard InChI is InChI=1S/C24H28N6O5/c1-24(2,3)35-23(33)29-12-15(11-14-7-5-6-8-17(14)29)27-22(32)18-9-10-26-21-19(20(25)31)16(13-34-4)28-30(18)21/h5-10,15H,11-13H2,1-4H3,(H2,25,31)(H,27,32). The van der Waals surface area contributed by atoms with Crippen molar-refractivity contribution < 1.29 is 23.9 Å². The van der Waals surface area contributed by atoms with Crippen LogP contribution in [0.2, 0.25) is 0 Å². The predicted molar refractivity (Wildman–Crippen MR) is 127 cm³/mol. The minimum absolute atomic E-state index is 0.0347. The summed E-state index contributed by atoms with van der Waals surface area (Å²) in [5, 5.41) is 7.32. The second-order valence-corrected chi connectivity index (χ2v) is 9.28. The molecule has 0 saturated heterocycles. The molecule has 1 atom stereocenters. The molecule has 11 nitrogen and oxygen atoms in total. The van der Waals surface area contributed by atoms with Crippen LogP contribution < -0.4 is 16.0 Å². The molecule has 1 aliphatic rings. The van der Waals surface area contributed by atoms with E-state index in [4.69, 9.17) is 15.2 Å². The van der Waals surface area contributed by atoms with Crippen molar-refractivity contribution in [2.24, 2.45) is 5.73 Å². The third-order valence-electron chi connectivity index (χ3n) is 5.45. The summed E-state index contributed by atoms with van der Waals surface area (Å²) in [6.07, 6.45) is 1.45. The Hall–Kier alpha value is -3.99. The first-order valence-corrected chi connectivity index (χ1v) is 11.1. The van der Waals surface area contributed by atoms with Gasteiger partial charge in [-0.25, -0.2) is 14.3 Å². The van der Waals surface area contributed by atoms with Gasteiger partial charge in [-0.05, 0) is 44.9 Å². The van der Waals surface area contributed by atoms with Crippen LogP contribution in [0.25, 0.3) is 5.65 Å². The van der Waals surface area contributed by atoms with Crippen molar-refractivity contribution in [3.8, 4) is 0 Å². The molecule has 184 valence electrons. The lowest BCUT2D eigenvalue weighted by Crippen LogP contribution is -2.51. The number of nitrogens with two attached hydrogens (primary N) is 1. The number of rotatable bonds is 5. The molecule has 1 aromatic carbocycles. The molecule has 0 aliphatic carbocycles. The van der Waals surface area contributed by atoms with E-state index in [-0.39, 0.29) is 35.8 Å². The summed E-state index contributed by atoms with van der Waals surface area (Å²) in [5.74, 6) is -1.15. The Kier molecular flexibility index (Phi) is 6.44. The summed E-state index contributed by atoms with van der Waals surface area (Å²) in [6, 6.07) is 8.62. The average molecular weight is 481 g/mol. The van der Waals surface area contributed by atoms with Gasteiger partial charge in [0.05, 0.1) is 18.3 Å². The molecule has 0 spiro atoms. The average Bonchev–Trinajstić information content (AvgIpc) is 3.16. The molecule has 4 rings (SSSR count). The second-order valence-electron chi connectivity index (χ2n) is 9.28. The normalized spacial score (nSPS) is 15.5. The Bertz CT molecular complexity index is 1300. The summed E-state index contributed by atoms with van der Waals surface area (Å²) in [5.41, 5.74) is 7.25. The van der Waals surface area contributed by atoms with Crippen LogP contribution in [0, 0.1) is 0 Å². The van der Waals surface area contributed by atoms with Crippen molar-refractivity contribution in [3.63, 3.8) is 0 Å². The van der Waals surface area contributed by atoms with E-state index in [2.05, 4.69) is 15.4 Å². The molecular weight excluding hydrogens is 452 g/mol. The van der Waals surface area contributed by atoms with Gasteiger partial charge >= 0.3 is 6.09 Å². The molecule has 0 bridgehead atoms. The third kappa shape index (κ3) is 4.94. The number of ether oxygens (including phenoxy) is 2. The summed E-state index contributed by atoms with van der Waals surface area (Å²) in [4.78, 5) is 44.0. The van der Waals surface area contributed by atoms with Crippen molar-refractivity contribution in [2.75, 3.05) is 18.6 Å². The van der Waals surface area contributed by atoms with Crippen molar-refractivity contribution in [1.29, 1.82) is 0 Å². The van der Waals surface area contributed by atoms with E-state index in [0.717, 1.165) is 11.3 Å². The summed E-state index contributed by atoms with van der Waals surface area (Å²) >= 11 is 0. The largest absolute Gasteiger partial charge is 0.443 e. The van der Waals surface area contributed by atoms with E-state index in [9.17, 15) is 14.4 Å². The highest BCUT2D eigenvalue weighted by Gasteiger charge is 2.33. The van der Waals surface area contributed by atoms with Gasteiger partial charge in [0.2, 0.25) is 0 Å². The highest BCUT2D eigenvalue weighted by Crippen LogP contribution is 2.29. The first kappa shape index (κ1) is 24.1. The molecular formula is C24H28N6O5. The van der Waals surface area contributed by atoms with Gasteiger partial charge in [0.25, 0.3) is 11.8 Å². The van der Waals surface area contributed by atoms with E-state index in [1.54, 1.807) is 20.8 Å². The number of primary amides is 1. The number of hydrogen-bond acceptors (Lipinski definition) is 7. The number of nitrogens with zero attached hydrogens (tertiary/aromatic N) is 4. The summed E-state index contributed by atoms with van der Waals surface area (Å²) in [6.45, 7) is 5.67. The van der Waals surface area contributed by atoms with E-state index in [1.165, 1.54) is 28.8 Å². The lowest BCUT2D eigenvalue weighted by molar-refractivity contribution is 0.0571. The molecule has 0 saturated carbocycles. The van der Waals surface area contributed by atoms with Crippen LogP contribution >= 0.6 is 0 Å². The number of nitrogens with one attached hydrogen (secondary N) is 1. The lowest BCUT2D eigenvalue weighted by Gasteiger charge is -2.35. The maximum absolute atomic E-state index is 13.3. The monoisotopic (exact) mass is 480 g/mol. The smallest absolute Gasteiger partial charge is 0.414 e. The van der Waals surface area contributed by atoms with Gasteiger partial charge in [-0.15, -0.1) is 0 Å². The van der Waals surface area contributed by atoms with Gasteiger partial charge < -0.3 is 20.5 Å². The molecule has 0 radical (unpaired) electrons. The highest BCUT2D eigenvalue weighted by molar-refractivity contribution is 6.01. The zero-order chi connectivity index (χ0) is 25.3. The molecule has 0 fully saturated rings. The maximum Gasteiger partial charge on any atom is 0.414 e. The first-order chi connectivity index (χ1) is 16.6. The summed E-state index contributed by atoms with van der Waals surface area (Å²) in [7, 11) is 1.47. The molecule has 2 aromatic heterocycles. The fraction of sp³-hybridized carbons (Fsp3) is 0.375. The van der Waals surface area contributed by atoms with Crippen molar-refractivity contribution in [1.82, 2.24) is 19.9 Å². The Balaban J connectivity index is 1.63. The van der Waals surface area contributed by atoms with E-state index < -0.39 is 29.6 Å². The number of methoxy groups -OCH3 is 1. The molecule has 3 N–H and O–H groups in total. The first-order valence-electron chi connectivity index (χ1n) is 11.1. The van der Waals surface area contributed by atoms with Crippen LogP contribution in [0.3, 0.4) is 0 Å². The topological polar surface area (TPSA) is 141 Å². The Morgan fingerprint density at radius 1 is 1.20 bits per heavy atom. The minimum atomic E-state index is -0.714. The number of anilines is 1. The molecule has 35 heavy (non-hydrogen) atoms. The number of carbonyl (C=O) groups excluding carboxylic acids is 3. The van der Waals surface area contributed by atoms with Crippen molar-refractivity contribution in [3.05, 3.63) is 59.0 Å². The maximum atomic E-state index is 13.3. The molecule has 1 unspecified atom stereocenters. The van der Waals surface area contributed by atoms with Crippen LogP contribution in [0.5, 0.6) is 0 Å². The molecule has 11 heteroatoms. The number of benzene rings is 1. The zero-order valence-corrected chi connectivity index (χ0v) is 20.1. The van der Waals surface area contributed by atoms with Gasteiger partial charge in [0, 0.05) is 19.9 Å². The predicted octanol–water partition coefficient (Wildman–Crippen LogP) is 2.07. The minimum Gasteiger partial charge on any atom is -0.443 e. The van der Waals surface area contributed by atoms with Crippen molar-refractivity contribution >= 4 is 29.2 Å². The quantitative estimate of drug-likeness (QED) is 0.569. The SMILES string of the molecule is COCc1nn2c(C(=O)NC3Cc4ccccc4N(C(=O)OC(C)(C)C)C3)ccnc2c1C(N)=O. The highest BCUT2D eigenvalue weighted by atomic mass is 16.6. The van der Waals surface area contributed by atoms with Gasteiger partial charge in [-0.3, -0.25) is 14.5 Å². The Morgan fingerprint density at radius 3 is 2.63 bits per heavy atom. The van der Waals surface area contributed by atoms with Gasteiger partial charge in [-0.1, -0.05) is 18.2 Å². The molecule has 1 aliphatic heterocycles.